The van der Waals surface area contributed by atoms with Crippen molar-refractivity contribution in [2.75, 3.05) is 24.5 Å². The van der Waals surface area contributed by atoms with Gasteiger partial charge in [0.25, 0.3) is 0 Å². The first-order chi connectivity index (χ1) is 10.3. The van der Waals surface area contributed by atoms with Crippen molar-refractivity contribution in [1.29, 1.82) is 0 Å². The molecule has 1 aliphatic heterocycles. The number of rotatable bonds is 4. The molecule has 1 aromatic rings. The lowest BCUT2D eigenvalue weighted by atomic mass is 9.96. The van der Waals surface area contributed by atoms with Crippen molar-refractivity contribution in [3.8, 4) is 0 Å². The number of piperidine rings is 1. The third-order valence-electron chi connectivity index (χ3n) is 4.88. The van der Waals surface area contributed by atoms with Gasteiger partial charge < -0.3 is 10.2 Å². The summed E-state index contributed by atoms with van der Waals surface area (Å²) in [6.45, 7) is 2.94. The number of carbonyl (C=O) groups is 1. The molecule has 0 bridgehead atoms. The van der Waals surface area contributed by atoms with E-state index in [9.17, 15) is 4.79 Å². The van der Waals surface area contributed by atoms with E-state index in [0.29, 0.717) is 17.7 Å². The molecule has 1 saturated carbocycles. The number of hydrogen-bond donors (Lipinski definition) is 1. The van der Waals surface area contributed by atoms with Gasteiger partial charge in [0.05, 0.1) is 0 Å². The average Bonchev–Trinajstić information content (AvgIpc) is 3.08. The largest absolute Gasteiger partial charge is 0.357 e. The Hall–Kier alpha value is -1.58. The first-order valence-corrected chi connectivity index (χ1v) is 8.26. The predicted octanol–water partition coefficient (Wildman–Crippen LogP) is 2.60. The highest BCUT2D eigenvalue weighted by atomic mass is 16.1. The number of anilines is 1. The van der Waals surface area contributed by atoms with Gasteiger partial charge in [-0.25, -0.2) is 4.98 Å². The van der Waals surface area contributed by atoms with Gasteiger partial charge in [0.2, 0.25) is 5.91 Å². The molecule has 1 amide bonds. The number of hydrogen-bond acceptors (Lipinski definition) is 3. The van der Waals surface area contributed by atoms with Crippen LogP contribution in [0.1, 0.15) is 38.5 Å². The van der Waals surface area contributed by atoms with Crippen LogP contribution in [-0.4, -0.2) is 30.5 Å². The monoisotopic (exact) mass is 287 g/mol. The van der Waals surface area contributed by atoms with Crippen LogP contribution in [0, 0.1) is 11.8 Å². The van der Waals surface area contributed by atoms with E-state index in [2.05, 4.69) is 21.3 Å². The molecule has 2 aliphatic rings. The van der Waals surface area contributed by atoms with Crippen LogP contribution in [0.4, 0.5) is 5.82 Å². The summed E-state index contributed by atoms with van der Waals surface area (Å²) < 4.78 is 0. The van der Waals surface area contributed by atoms with Gasteiger partial charge in [0.1, 0.15) is 5.82 Å². The summed E-state index contributed by atoms with van der Waals surface area (Å²) >= 11 is 0. The van der Waals surface area contributed by atoms with Crippen LogP contribution in [0.5, 0.6) is 0 Å². The van der Waals surface area contributed by atoms with Crippen molar-refractivity contribution in [3.63, 3.8) is 0 Å². The van der Waals surface area contributed by atoms with Gasteiger partial charge in [-0.3, -0.25) is 4.79 Å². The molecule has 0 spiro atoms. The number of carbonyl (C=O) groups excluding carboxylic acids is 1. The minimum atomic E-state index is 0.290. The lowest BCUT2D eigenvalue weighted by Gasteiger charge is -2.33. The molecule has 1 aliphatic carbocycles. The molecule has 1 saturated heterocycles. The lowest BCUT2D eigenvalue weighted by Crippen LogP contribution is -2.40. The van der Waals surface area contributed by atoms with E-state index in [1.807, 2.05) is 18.3 Å². The minimum absolute atomic E-state index is 0.290. The molecule has 0 unspecified atom stereocenters. The van der Waals surface area contributed by atoms with E-state index in [1.165, 1.54) is 12.8 Å². The average molecular weight is 287 g/mol. The number of nitrogens with zero attached hydrogens (tertiary/aromatic N) is 2. The Morgan fingerprint density at radius 2 is 1.95 bits per heavy atom. The van der Waals surface area contributed by atoms with Gasteiger partial charge in [0, 0.05) is 31.7 Å². The van der Waals surface area contributed by atoms with E-state index in [-0.39, 0.29) is 0 Å². The fourth-order valence-corrected chi connectivity index (χ4v) is 3.48. The van der Waals surface area contributed by atoms with Crippen molar-refractivity contribution in [3.05, 3.63) is 24.4 Å². The lowest BCUT2D eigenvalue weighted by molar-refractivity contribution is -0.125. The molecule has 0 aromatic carbocycles. The fraction of sp³-hybridized carbons (Fsp3) is 0.647. The van der Waals surface area contributed by atoms with Crippen LogP contribution >= 0.6 is 0 Å². The van der Waals surface area contributed by atoms with Gasteiger partial charge in [-0.2, -0.15) is 0 Å². The van der Waals surface area contributed by atoms with E-state index in [1.54, 1.807) is 0 Å². The van der Waals surface area contributed by atoms with Gasteiger partial charge in [0.15, 0.2) is 0 Å². The first-order valence-electron chi connectivity index (χ1n) is 8.26. The van der Waals surface area contributed by atoms with Crippen LogP contribution in [0.3, 0.4) is 0 Å². The van der Waals surface area contributed by atoms with Gasteiger partial charge >= 0.3 is 0 Å². The molecule has 2 fully saturated rings. The Kier molecular flexibility index (Phi) is 4.73. The highest BCUT2D eigenvalue weighted by molar-refractivity contribution is 5.78. The normalized spacial score (nSPS) is 20.7. The summed E-state index contributed by atoms with van der Waals surface area (Å²) in [6, 6.07) is 6.06. The zero-order valence-corrected chi connectivity index (χ0v) is 12.6. The predicted molar refractivity (Wildman–Crippen MR) is 84.1 cm³/mol. The van der Waals surface area contributed by atoms with E-state index < -0.39 is 0 Å². The first kappa shape index (κ1) is 14.4. The second-order valence-electron chi connectivity index (χ2n) is 6.34. The van der Waals surface area contributed by atoms with Crippen LogP contribution in [-0.2, 0) is 4.79 Å². The molecule has 1 aromatic heterocycles. The summed E-state index contributed by atoms with van der Waals surface area (Å²) in [6.07, 6.45) is 8.75. The maximum absolute atomic E-state index is 12.0. The summed E-state index contributed by atoms with van der Waals surface area (Å²) in [5, 5.41) is 3.18. The quantitative estimate of drug-likeness (QED) is 0.926. The number of nitrogens with one attached hydrogen (secondary N) is 1. The Balaban J connectivity index is 1.40. The summed E-state index contributed by atoms with van der Waals surface area (Å²) in [7, 11) is 0. The highest BCUT2D eigenvalue weighted by Gasteiger charge is 2.24. The maximum Gasteiger partial charge on any atom is 0.223 e. The molecular weight excluding hydrogens is 262 g/mol. The van der Waals surface area contributed by atoms with Gasteiger partial charge in [-0.05, 0) is 43.7 Å². The minimum Gasteiger partial charge on any atom is -0.357 e. The van der Waals surface area contributed by atoms with Gasteiger partial charge in [-0.1, -0.05) is 18.9 Å². The topological polar surface area (TPSA) is 45.2 Å². The van der Waals surface area contributed by atoms with Crippen LogP contribution in [0.15, 0.2) is 24.4 Å². The second-order valence-corrected chi connectivity index (χ2v) is 6.34. The number of aromatic nitrogens is 1. The van der Waals surface area contributed by atoms with Crippen molar-refractivity contribution in [2.45, 2.75) is 38.5 Å². The Labute approximate surface area is 126 Å². The zero-order chi connectivity index (χ0) is 14.5. The van der Waals surface area contributed by atoms with E-state index in [4.69, 9.17) is 0 Å². The summed E-state index contributed by atoms with van der Waals surface area (Å²) in [5.74, 6) is 2.28. The standard InChI is InChI=1S/C17H25N3O/c21-17(15-5-1-2-6-15)19-13-14-8-11-20(12-9-14)16-7-3-4-10-18-16/h3-4,7,10,14-15H,1-2,5-6,8-9,11-13H2,(H,19,21). The summed E-state index contributed by atoms with van der Waals surface area (Å²) in [5.41, 5.74) is 0. The SMILES string of the molecule is O=C(NCC1CCN(c2ccccn2)CC1)C1CCCC1. The summed E-state index contributed by atoms with van der Waals surface area (Å²) in [4.78, 5) is 18.8. The van der Waals surface area contributed by atoms with Crippen molar-refractivity contribution in [1.82, 2.24) is 10.3 Å². The van der Waals surface area contributed by atoms with E-state index >= 15 is 0 Å². The molecule has 2 heterocycles. The molecule has 3 rings (SSSR count). The Morgan fingerprint density at radius 3 is 2.62 bits per heavy atom. The third kappa shape index (κ3) is 3.74. The molecule has 4 heteroatoms. The van der Waals surface area contributed by atoms with Crippen molar-refractivity contribution in [2.24, 2.45) is 11.8 Å². The smallest absolute Gasteiger partial charge is 0.223 e. The van der Waals surface area contributed by atoms with E-state index in [0.717, 1.165) is 51.1 Å². The zero-order valence-electron chi connectivity index (χ0n) is 12.6. The van der Waals surface area contributed by atoms with Crippen LogP contribution < -0.4 is 10.2 Å². The number of pyridine rings is 1. The number of amides is 1. The van der Waals surface area contributed by atoms with Gasteiger partial charge in [-0.15, -0.1) is 0 Å². The van der Waals surface area contributed by atoms with Crippen LogP contribution in [0.2, 0.25) is 0 Å². The third-order valence-corrected chi connectivity index (χ3v) is 4.88. The van der Waals surface area contributed by atoms with Crippen molar-refractivity contribution >= 4 is 11.7 Å². The molecule has 21 heavy (non-hydrogen) atoms. The molecule has 0 atom stereocenters. The van der Waals surface area contributed by atoms with Crippen molar-refractivity contribution < 1.29 is 4.79 Å². The molecule has 1 N–H and O–H groups in total. The Morgan fingerprint density at radius 1 is 1.19 bits per heavy atom. The molecular formula is C17H25N3O. The molecule has 0 radical (unpaired) electrons. The van der Waals surface area contributed by atoms with Crippen LogP contribution in [0.25, 0.3) is 0 Å². The molecule has 114 valence electrons. The Bertz CT molecular complexity index is 448. The fourth-order valence-electron chi connectivity index (χ4n) is 3.48. The highest BCUT2D eigenvalue weighted by Crippen LogP contribution is 2.25. The maximum atomic E-state index is 12.0. The second kappa shape index (κ2) is 6.92. The molecule has 4 nitrogen and oxygen atoms in total.